The van der Waals surface area contributed by atoms with E-state index >= 15 is 0 Å². The normalized spacial score (nSPS) is 21.3. The van der Waals surface area contributed by atoms with E-state index in [1.165, 1.54) is 6.07 Å². The molecule has 0 saturated carbocycles. The third-order valence-electron chi connectivity index (χ3n) is 3.57. The van der Waals surface area contributed by atoms with Crippen molar-refractivity contribution in [3.05, 3.63) is 64.4 Å². The number of rotatable bonds is 2. The van der Waals surface area contributed by atoms with Crippen molar-refractivity contribution in [2.75, 3.05) is 6.54 Å². The molecular formula is C15H11ClF3N3. The zero-order valence-electron chi connectivity index (χ0n) is 11.3. The van der Waals surface area contributed by atoms with Crippen LogP contribution >= 0.6 is 11.6 Å². The molecule has 1 aliphatic heterocycles. The Bertz CT molecular complexity index is 681. The highest BCUT2D eigenvalue weighted by Gasteiger charge is 2.33. The van der Waals surface area contributed by atoms with Crippen LogP contribution in [0, 0.1) is 0 Å². The fourth-order valence-corrected chi connectivity index (χ4v) is 2.54. The minimum absolute atomic E-state index is 0.163. The number of hydrogen-bond donors (Lipinski definition) is 0. The summed E-state index contributed by atoms with van der Waals surface area (Å²) in [5.41, 5.74) is 0.710. The summed E-state index contributed by atoms with van der Waals surface area (Å²) in [5, 5.41) is 8.82. The van der Waals surface area contributed by atoms with E-state index in [1.807, 2.05) is 12.1 Å². The fraction of sp³-hybridized carbons (Fsp3) is 0.267. The van der Waals surface area contributed by atoms with Crippen LogP contribution in [0.1, 0.15) is 28.8 Å². The second-order valence-electron chi connectivity index (χ2n) is 5.01. The van der Waals surface area contributed by atoms with E-state index in [1.54, 1.807) is 12.1 Å². The Morgan fingerprint density at radius 3 is 2.36 bits per heavy atom. The average Bonchev–Trinajstić information content (AvgIpc) is 2.97. The van der Waals surface area contributed by atoms with Crippen molar-refractivity contribution >= 4 is 11.6 Å². The molecule has 2 heterocycles. The summed E-state index contributed by atoms with van der Waals surface area (Å²) in [6, 6.07) is 9.38. The van der Waals surface area contributed by atoms with Crippen molar-refractivity contribution < 1.29 is 13.2 Å². The number of benzene rings is 1. The molecule has 0 amide bonds. The maximum Gasteiger partial charge on any atom is 0.417 e. The average molecular weight is 326 g/mol. The Morgan fingerprint density at radius 1 is 1.05 bits per heavy atom. The molecule has 0 fully saturated rings. The third kappa shape index (κ3) is 2.97. The number of pyridine rings is 1. The van der Waals surface area contributed by atoms with Gasteiger partial charge in [-0.1, -0.05) is 23.7 Å². The number of azo groups is 1. The summed E-state index contributed by atoms with van der Waals surface area (Å²) in [6.45, 7) is 0.408. The maximum absolute atomic E-state index is 12.6. The van der Waals surface area contributed by atoms with Gasteiger partial charge < -0.3 is 0 Å². The summed E-state index contributed by atoms with van der Waals surface area (Å²) in [4.78, 5) is 3.95. The molecular weight excluding hydrogens is 315 g/mol. The Hall–Kier alpha value is -1.95. The molecule has 1 aromatic heterocycles. The van der Waals surface area contributed by atoms with Crippen LogP contribution in [0.5, 0.6) is 0 Å². The zero-order valence-corrected chi connectivity index (χ0v) is 12.0. The van der Waals surface area contributed by atoms with Gasteiger partial charge in [0.2, 0.25) is 0 Å². The van der Waals surface area contributed by atoms with Gasteiger partial charge in [-0.2, -0.15) is 23.4 Å². The van der Waals surface area contributed by atoms with E-state index in [-0.39, 0.29) is 12.0 Å². The summed E-state index contributed by atoms with van der Waals surface area (Å²) < 4.78 is 37.8. The van der Waals surface area contributed by atoms with Gasteiger partial charge in [0.05, 0.1) is 18.0 Å². The topological polar surface area (TPSA) is 37.6 Å². The van der Waals surface area contributed by atoms with Gasteiger partial charge in [0.1, 0.15) is 6.04 Å². The maximum atomic E-state index is 12.6. The Kier molecular flexibility index (Phi) is 3.87. The lowest BCUT2D eigenvalue weighted by molar-refractivity contribution is -0.137. The van der Waals surface area contributed by atoms with Crippen LogP contribution in [-0.4, -0.2) is 11.5 Å². The predicted octanol–water partition coefficient (Wildman–Crippen LogP) is 5.04. The van der Waals surface area contributed by atoms with Crippen LogP contribution in [0.3, 0.4) is 0 Å². The molecule has 0 spiro atoms. The van der Waals surface area contributed by atoms with Crippen molar-refractivity contribution in [2.24, 2.45) is 10.2 Å². The molecule has 0 saturated heterocycles. The standard InChI is InChI=1S/C15H11ClF3N3/c16-11-4-1-9(2-5-11)14-12(8-21-22-14)13-6-3-10(7-20-13)15(17,18)19/h1-7,12,14H,8H2. The molecule has 0 N–H and O–H groups in total. The molecule has 0 bridgehead atoms. The van der Waals surface area contributed by atoms with Crippen LogP contribution in [-0.2, 0) is 6.18 Å². The first-order valence-corrected chi connectivity index (χ1v) is 6.98. The van der Waals surface area contributed by atoms with Gasteiger partial charge in [0.25, 0.3) is 0 Å². The predicted molar refractivity (Wildman–Crippen MR) is 75.9 cm³/mol. The second-order valence-corrected chi connectivity index (χ2v) is 5.45. The summed E-state index contributed by atoms with van der Waals surface area (Å²) >= 11 is 5.86. The minimum atomic E-state index is -4.38. The van der Waals surface area contributed by atoms with Gasteiger partial charge in [0, 0.05) is 16.9 Å². The number of hydrogen-bond acceptors (Lipinski definition) is 3. The first kappa shape index (κ1) is 15.0. The van der Waals surface area contributed by atoms with Gasteiger partial charge in [-0.3, -0.25) is 4.98 Å². The highest BCUT2D eigenvalue weighted by molar-refractivity contribution is 6.30. The quantitative estimate of drug-likeness (QED) is 0.761. The molecule has 0 aliphatic carbocycles. The monoisotopic (exact) mass is 325 g/mol. The Morgan fingerprint density at radius 2 is 1.77 bits per heavy atom. The molecule has 1 aromatic carbocycles. The van der Waals surface area contributed by atoms with Crippen LogP contribution in [0.4, 0.5) is 13.2 Å². The molecule has 3 rings (SSSR count). The van der Waals surface area contributed by atoms with Crippen molar-refractivity contribution in [2.45, 2.75) is 18.1 Å². The van der Waals surface area contributed by atoms with E-state index in [2.05, 4.69) is 15.2 Å². The van der Waals surface area contributed by atoms with Crippen molar-refractivity contribution in [3.63, 3.8) is 0 Å². The van der Waals surface area contributed by atoms with Gasteiger partial charge in [-0.15, -0.1) is 0 Å². The third-order valence-corrected chi connectivity index (χ3v) is 3.82. The summed E-state index contributed by atoms with van der Waals surface area (Å²) in [6.07, 6.45) is -3.53. The first-order chi connectivity index (χ1) is 10.4. The minimum Gasteiger partial charge on any atom is -0.260 e. The Balaban J connectivity index is 1.86. The van der Waals surface area contributed by atoms with E-state index in [0.29, 0.717) is 17.3 Å². The van der Waals surface area contributed by atoms with Gasteiger partial charge in [0.15, 0.2) is 0 Å². The lowest BCUT2D eigenvalue weighted by Gasteiger charge is -2.17. The lowest BCUT2D eigenvalue weighted by Crippen LogP contribution is -2.11. The summed E-state index contributed by atoms with van der Waals surface area (Å²) in [7, 11) is 0. The van der Waals surface area contributed by atoms with Crippen LogP contribution < -0.4 is 0 Å². The Labute approximate surface area is 129 Å². The molecule has 2 aromatic rings. The van der Waals surface area contributed by atoms with Crippen molar-refractivity contribution in [3.8, 4) is 0 Å². The molecule has 22 heavy (non-hydrogen) atoms. The molecule has 2 atom stereocenters. The van der Waals surface area contributed by atoms with Gasteiger partial charge >= 0.3 is 6.18 Å². The number of aromatic nitrogens is 1. The smallest absolute Gasteiger partial charge is 0.260 e. The van der Waals surface area contributed by atoms with E-state index in [9.17, 15) is 13.2 Å². The van der Waals surface area contributed by atoms with E-state index < -0.39 is 11.7 Å². The molecule has 2 unspecified atom stereocenters. The van der Waals surface area contributed by atoms with Crippen molar-refractivity contribution in [1.82, 2.24) is 4.98 Å². The largest absolute Gasteiger partial charge is 0.417 e. The SMILES string of the molecule is FC(F)(F)c1ccc(C2CN=NC2c2ccc(Cl)cc2)nc1. The van der Waals surface area contributed by atoms with Crippen LogP contribution in [0.15, 0.2) is 52.8 Å². The highest BCUT2D eigenvalue weighted by atomic mass is 35.5. The zero-order chi connectivity index (χ0) is 15.7. The fourth-order valence-electron chi connectivity index (χ4n) is 2.41. The molecule has 1 aliphatic rings. The highest BCUT2D eigenvalue weighted by Crippen LogP contribution is 2.39. The number of nitrogens with zero attached hydrogens (tertiary/aromatic N) is 3. The number of alkyl halides is 3. The second kappa shape index (κ2) is 5.68. The molecule has 3 nitrogen and oxygen atoms in total. The van der Waals surface area contributed by atoms with Crippen LogP contribution in [0.25, 0.3) is 0 Å². The number of halogens is 4. The van der Waals surface area contributed by atoms with Gasteiger partial charge in [-0.25, -0.2) is 0 Å². The van der Waals surface area contributed by atoms with Crippen molar-refractivity contribution in [1.29, 1.82) is 0 Å². The first-order valence-electron chi connectivity index (χ1n) is 6.60. The van der Waals surface area contributed by atoms with E-state index in [0.717, 1.165) is 17.8 Å². The van der Waals surface area contributed by atoms with Crippen LogP contribution in [0.2, 0.25) is 5.02 Å². The molecule has 114 valence electrons. The van der Waals surface area contributed by atoms with E-state index in [4.69, 9.17) is 11.6 Å². The molecule has 7 heteroatoms. The summed E-state index contributed by atoms with van der Waals surface area (Å²) in [5.74, 6) is -0.163. The van der Waals surface area contributed by atoms with Gasteiger partial charge in [-0.05, 0) is 29.8 Å². The lowest BCUT2D eigenvalue weighted by atomic mass is 9.91. The molecule has 0 radical (unpaired) electrons.